The van der Waals surface area contributed by atoms with Gasteiger partial charge in [-0.25, -0.2) is 0 Å². The van der Waals surface area contributed by atoms with Gasteiger partial charge in [0.05, 0.1) is 17.2 Å². The Bertz CT molecular complexity index is 378. The summed E-state index contributed by atoms with van der Waals surface area (Å²) < 4.78 is 3.59. The molecule has 1 aromatic rings. The number of anilines is 1. The Morgan fingerprint density at radius 1 is 1.47 bits per heavy atom. The monoisotopic (exact) mass is 227 g/mol. The molecule has 0 unspecified atom stereocenters. The number of carbonyl (C=O) groups excluding carboxylic acids is 1. The molecule has 1 aliphatic rings. The summed E-state index contributed by atoms with van der Waals surface area (Å²) in [5, 5.41) is 16.6. The third-order valence-corrected chi connectivity index (χ3v) is 3.04. The highest BCUT2D eigenvalue weighted by Gasteiger charge is 2.41. The fourth-order valence-corrected chi connectivity index (χ4v) is 1.94. The first kappa shape index (κ1) is 10.0. The van der Waals surface area contributed by atoms with Gasteiger partial charge in [0.2, 0.25) is 5.91 Å². The second-order valence-corrected chi connectivity index (χ2v) is 4.02. The smallest absolute Gasteiger partial charge is 0.307 e. The highest BCUT2D eigenvalue weighted by molar-refractivity contribution is 7.03. The summed E-state index contributed by atoms with van der Waals surface area (Å²) in [7, 11) is 0. The Kier molecular flexibility index (Phi) is 2.63. The Balaban J connectivity index is 1.95. The number of hydrogen-bond donors (Lipinski definition) is 2. The molecule has 0 bridgehead atoms. The Morgan fingerprint density at radius 2 is 2.20 bits per heavy atom. The fourth-order valence-electron chi connectivity index (χ4n) is 1.55. The largest absolute Gasteiger partial charge is 0.481 e. The molecule has 0 saturated heterocycles. The van der Waals surface area contributed by atoms with Crippen LogP contribution in [0.5, 0.6) is 0 Å². The van der Waals surface area contributed by atoms with Crippen molar-refractivity contribution in [2.24, 2.45) is 11.8 Å². The fraction of sp³-hybridized carbons (Fsp3) is 0.500. The van der Waals surface area contributed by atoms with Crippen LogP contribution in [0, 0.1) is 11.8 Å². The molecule has 2 rings (SSSR count). The van der Waals surface area contributed by atoms with Crippen molar-refractivity contribution in [2.45, 2.75) is 12.8 Å². The van der Waals surface area contributed by atoms with E-state index in [-0.39, 0.29) is 5.91 Å². The molecule has 0 aromatic carbocycles. The number of aromatic nitrogens is 2. The SMILES string of the molecule is O=C(Nc1csnn1)[C@H]1CC[C@H]1C(=O)O. The summed E-state index contributed by atoms with van der Waals surface area (Å²) in [4.78, 5) is 22.3. The minimum atomic E-state index is -0.905. The van der Waals surface area contributed by atoms with E-state index in [2.05, 4.69) is 14.9 Å². The first-order valence-electron chi connectivity index (χ1n) is 4.49. The minimum Gasteiger partial charge on any atom is -0.481 e. The second kappa shape index (κ2) is 3.93. The number of rotatable bonds is 3. The highest BCUT2D eigenvalue weighted by Crippen LogP contribution is 2.35. The van der Waals surface area contributed by atoms with Crippen molar-refractivity contribution in [1.29, 1.82) is 0 Å². The van der Waals surface area contributed by atoms with Crippen LogP contribution in [0.1, 0.15) is 12.8 Å². The molecule has 80 valence electrons. The minimum absolute atomic E-state index is 0.277. The van der Waals surface area contributed by atoms with Crippen LogP contribution in [-0.4, -0.2) is 26.6 Å². The van der Waals surface area contributed by atoms with Crippen LogP contribution in [0.3, 0.4) is 0 Å². The van der Waals surface area contributed by atoms with E-state index in [0.717, 1.165) is 11.5 Å². The lowest BCUT2D eigenvalue weighted by molar-refractivity contribution is -0.151. The average Bonchev–Trinajstić information content (AvgIpc) is 2.52. The number of carboxylic acid groups (broad SMARTS) is 1. The van der Waals surface area contributed by atoms with E-state index in [1.54, 1.807) is 5.38 Å². The van der Waals surface area contributed by atoms with Gasteiger partial charge in [0.15, 0.2) is 5.82 Å². The van der Waals surface area contributed by atoms with Crippen LogP contribution in [0.25, 0.3) is 0 Å². The molecule has 0 spiro atoms. The van der Waals surface area contributed by atoms with Crippen molar-refractivity contribution in [3.8, 4) is 0 Å². The van der Waals surface area contributed by atoms with Gasteiger partial charge in [-0.3, -0.25) is 9.59 Å². The molecule has 1 heterocycles. The van der Waals surface area contributed by atoms with Gasteiger partial charge in [-0.1, -0.05) is 4.49 Å². The van der Waals surface area contributed by atoms with Crippen molar-refractivity contribution in [2.75, 3.05) is 5.32 Å². The maximum atomic E-state index is 11.6. The topological polar surface area (TPSA) is 92.2 Å². The van der Waals surface area contributed by atoms with E-state index in [0.29, 0.717) is 18.7 Å². The zero-order chi connectivity index (χ0) is 10.8. The standard InChI is InChI=1S/C8H9N3O3S/c12-7(9-6-3-15-11-10-6)4-1-2-5(4)8(13)14/h3-5H,1-2H2,(H,9,12)(H,13,14)/t4-,5+/m0/s1. The van der Waals surface area contributed by atoms with Gasteiger partial charge < -0.3 is 10.4 Å². The van der Waals surface area contributed by atoms with Gasteiger partial charge in [-0.2, -0.15) is 0 Å². The van der Waals surface area contributed by atoms with Gasteiger partial charge >= 0.3 is 5.97 Å². The molecule has 6 nitrogen and oxygen atoms in total. The number of aliphatic carboxylic acids is 1. The van der Waals surface area contributed by atoms with E-state index in [9.17, 15) is 9.59 Å². The van der Waals surface area contributed by atoms with Crippen molar-refractivity contribution < 1.29 is 14.7 Å². The summed E-state index contributed by atoms with van der Waals surface area (Å²) in [5.41, 5.74) is 0. The maximum Gasteiger partial charge on any atom is 0.307 e. The van der Waals surface area contributed by atoms with Crippen LogP contribution >= 0.6 is 11.5 Å². The Hall–Kier alpha value is -1.50. The van der Waals surface area contributed by atoms with Crippen molar-refractivity contribution in [3.05, 3.63) is 5.38 Å². The number of carboxylic acids is 1. The molecule has 7 heteroatoms. The zero-order valence-electron chi connectivity index (χ0n) is 7.71. The van der Waals surface area contributed by atoms with Gasteiger partial charge in [-0.05, 0) is 24.4 Å². The quantitative estimate of drug-likeness (QED) is 0.788. The summed E-state index contributed by atoms with van der Waals surface area (Å²) in [6.45, 7) is 0. The zero-order valence-corrected chi connectivity index (χ0v) is 8.53. The maximum absolute atomic E-state index is 11.6. The Morgan fingerprint density at radius 3 is 2.67 bits per heavy atom. The molecular weight excluding hydrogens is 218 g/mol. The number of amides is 1. The molecule has 1 saturated carbocycles. The molecule has 1 aliphatic carbocycles. The van der Waals surface area contributed by atoms with Gasteiger partial charge in [0.1, 0.15) is 0 Å². The molecule has 0 radical (unpaired) electrons. The third kappa shape index (κ3) is 1.96. The van der Waals surface area contributed by atoms with Crippen LogP contribution in [0.2, 0.25) is 0 Å². The molecule has 1 aromatic heterocycles. The van der Waals surface area contributed by atoms with Crippen LogP contribution in [0.4, 0.5) is 5.82 Å². The van der Waals surface area contributed by atoms with E-state index >= 15 is 0 Å². The van der Waals surface area contributed by atoms with E-state index in [1.165, 1.54) is 0 Å². The highest BCUT2D eigenvalue weighted by atomic mass is 32.1. The molecule has 2 N–H and O–H groups in total. The van der Waals surface area contributed by atoms with Crippen molar-refractivity contribution >= 4 is 29.2 Å². The number of nitrogens with one attached hydrogen (secondary N) is 1. The van der Waals surface area contributed by atoms with Crippen LogP contribution in [-0.2, 0) is 9.59 Å². The number of hydrogen-bond acceptors (Lipinski definition) is 5. The summed E-state index contributed by atoms with van der Waals surface area (Å²) in [6, 6.07) is 0. The molecule has 0 aliphatic heterocycles. The summed E-state index contributed by atoms with van der Waals surface area (Å²) in [5.74, 6) is -1.76. The van der Waals surface area contributed by atoms with E-state index < -0.39 is 17.8 Å². The normalized spacial score (nSPS) is 24.3. The van der Waals surface area contributed by atoms with E-state index in [4.69, 9.17) is 5.11 Å². The lowest BCUT2D eigenvalue weighted by Crippen LogP contribution is -2.41. The lowest BCUT2D eigenvalue weighted by atomic mass is 9.73. The molecule has 1 amide bonds. The van der Waals surface area contributed by atoms with Crippen molar-refractivity contribution in [3.63, 3.8) is 0 Å². The number of carbonyl (C=O) groups is 2. The average molecular weight is 227 g/mol. The van der Waals surface area contributed by atoms with Gasteiger partial charge in [0, 0.05) is 0 Å². The third-order valence-electron chi connectivity index (χ3n) is 2.54. The predicted octanol–water partition coefficient (Wildman–Crippen LogP) is 0.587. The molecule has 2 atom stereocenters. The first-order valence-corrected chi connectivity index (χ1v) is 5.33. The molecule has 15 heavy (non-hydrogen) atoms. The summed E-state index contributed by atoms with van der Waals surface area (Å²) in [6.07, 6.45) is 1.20. The summed E-state index contributed by atoms with van der Waals surface area (Å²) >= 11 is 1.13. The van der Waals surface area contributed by atoms with Gasteiger partial charge in [-0.15, -0.1) is 5.10 Å². The van der Waals surface area contributed by atoms with Gasteiger partial charge in [0.25, 0.3) is 0 Å². The lowest BCUT2D eigenvalue weighted by Gasteiger charge is -2.31. The van der Waals surface area contributed by atoms with E-state index in [1.807, 2.05) is 0 Å². The van der Waals surface area contributed by atoms with Crippen molar-refractivity contribution in [1.82, 2.24) is 9.59 Å². The first-order chi connectivity index (χ1) is 7.18. The molecule has 1 fully saturated rings. The second-order valence-electron chi connectivity index (χ2n) is 3.41. The Labute approximate surface area is 89.5 Å². The van der Waals surface area contributed by atoms with Crippen LogP contribution in [0.15, 0.2) is 5.38 Å². The molecular formula is C8H9N3O3S. The predicted molar refractivity (Wildman–Crippen MR) is 52.4 cm³/mol. The van der Waals surface area contributed by atoms with Crippen LogP contribution < -0.4 is 5.32 Å². The number of nitrogens with zero attached hydrogens (tertiary/aromatic N) is 2.